The van der Waals surface area contributed by atoms with E-state index >= 15 is 0 Å². The van der Waals surface area contributed by atoms with Crippen LogP contribution in [0.3, 0.4) is 0 Å². The van der Waals surface area contributed by atoms with Crippen molar-refractivity contribution in [2.75, 3.05) is 19.4 Å². The summed E-state index contributed by atoms with van der Waals surface area (Å²) in [5.74, 6) is -1.25. The Balaban J connectivity index is 2.39. The average Bonchev–Trinajstić information content (AvgIpc) is 2.85. The summed E-state index contributed by atoms with van der Waals surface area (Å²) in [5.41, 5.74) is 1.60. The SMILES string of the molecule is CC(=O)Nc1sc(C)c(C)c1C(=O)OC(C(=O)N(C)C)c1ccccc1. The van der Waals surface area contributed by atoms with Crippen LogP contribution in [-0.4, -0.2) is 36.8 Å². The molecule has 0 fully saturated rings. The Morgan fingerprint density at radius 1 is 1.12 bits per heavy atom. The fraction of sp³-hybridized carbons (Fsp3) is 0.316. The zero-order valence-corrected chi connectivity index (χ0v) is 16.3. The van der Waals surface area contributed by atoms with Crippen LogP contribution < -0.4 is 5.32 Å². The van der Waals surface area contributed by atoms with E-state index in [9.17, 15) is 14.4 Å². The van der Waals surface area contributed by atoms with Crippen LogP contribution in [0.25, 0.3) is 0 Å². The number of nitrogens with zero attached hydrogens (tertiary/aromatic N) is 1. The van der Waals surface area contributed by atoms with Crippen molar-refractivity contribution in [1.29, 1.82) is 0 Å². The van der Waals surface area contributed by atoms with Crippen LogP contribution in [0.2, 0.25) is 0 Å². The van der Waals surface area contributed by atoms with Crippen LogP contribution in [0.15, 0.2) is 30.3 Å². The summed E-state index contributed by atoms with van der Waals surface area (Å²) in [7, 11) is 3.21. The van der Waals surface area contributed by atoms with Crippen molar-refractivity contribution >= 4 is 34.1 Å². The monoisotopic (exact) mass is 374 g/mol. The van der Waals surface area contributed by atoms with E-state index in [0.717, 1.165) is 10.4 Å². The van der Waals surface area contributed by atoms with Gasteiger partial charge in [-0.1, -0.05) is 30.3 Å². The number of anilines is 1. The maximum Gasteiger partial charge on any atom is 0.342 e. The first-order valence-corrected chi connectivity index (χ1v) is 8.88. The summed E-state index contributed by atoms with van der Waals surface area (Å²) in [5, 5.41) is 3.10. The molecule has 1 aromatic heterocycles. The number of hydrogen-bond acceptors (Lipinski definition) is 5. The van der Waals surface area contributed by atoms with Gasteiger partial charge in [-0.05, 0) is 19.4 Å². The third-order valence-electron chi connectivity index (χ3n) is 3.87. The van der Waals surface area contributed by atoms with Gasteiger partial charge < -0.3 is 15.0 Å². The highest BCUT2D eigenvalue weighted by atomic mass is 32.1. The molecule has 0 spiro atoms. The van der Waals surface area contributed by atoms with Crippen LogP contribution in [0.1, 0.15) is 39.4 Å². The molecule has 2 amide bonds. The molecule has 0 saturated heterocycles. The minimum absolute atomic E-state index is 0.274. The van der Waals surface area contributed by atoms with Gasteiger partial charge in [-0.25, -0.2) is 4.79 Å². The van der Waals surface area contributed by atoms with Crippen molar-refractivity contribution in [2.24, 2.45) is 0 Å². The molecule has 2 rings (SSSR count). The Bertz CT molecular complexity index is 828. The fourth-order valence-corrected chi connectivity index (χ4v) is 3.50. The van der Waals surface area contributed by atoms with Crippen molar-refractivity contribution in [3.05, 3.63) is 51.9 Å². The molecule has 0 saturated carbocycles. The minimum atomic E-state index is -1.05. The predicted octanol–water partition coefficient (Wildman–Crippen LogP) is 3.31. The van der Waals surface area contributed by atoms with E-state index in [1.165, 1.54) is 23.2 Å². The summed E-state index contributed by atoms with van der Waals surface area (Å²) >= 11 is 1.31. The summed E-state index contributed by atoms with van der Waals surface area (Å²) in [4.78, 5) is 39.1. The molecule has 1 heterocycles. The van der Waals surface area contributed by atoms with E-state index in [0.29, 0.717) is 10.6 Å². The predicted molar refractivity (Wildman–Crippen MR) is 101 cm³/mol. The fourth-order valence-electron chi connectivity index (χ4n) is 2.41. The second-order valence-electron chi connectivity index (χ2n) is 6.10. The van der Waals surface area contributed by atoms with Gasteiger partial charge in [0.05, 0.1) is 5.56 Å². The lowest BCUT2D eigenvalue weighted by Crippen LogP contribution is -2.31. The Morgan fingerprint density at radius 2 is 1.73 bits per heavy atom. The lowest BCUT2D eigenvalue weighted by Gasteiger charge is -2.21. The third-order valence-corrected chi connectivity index (χ3v) is 4.99. The van der Waals surface area contributed by atoms with Gasteiger partial charge in [-0.3, -0.25) is 9.59 Å². The molecular formula is C19H22N2O4S. The van der Waals surface area contributed by atoms with Gasteiger partial charge in [0.25, 0.3) is 5.91 Å². The highest BCUT2D eigenvalue weighted by molar-refractivity contribution is 7.16. The van der Waals surface area contributed by atoms with Crippen LogP contribution in [0.4, 0.5) is 5.00 Å². The number of carbonyl (C=O) groups excluding carboxylic acids is 3. The molecule has 7 heteroatoms. The number of amides is 2. The number of esters is 1. The molecule has 2 aromatic rings. The summed E-state index contributed by atoms with van der Waals surface area (Å²) in [6, 6.07) is 8.85. The van der Waals surface area contributed by atoms with Gasteiger partial charge in [0.1, 0.15) is 5.00 Å². The van der Waals surface area contributed by atoms with Crippen molar-refractivity contribution in [1.82, 2.24) is 4.90 Å². The lowest BCUT2D eigenvalue weighted by atomic mass is 10.1. The standard InChI is InChI=1S/C19H22N2O4S/c1-11-12(2)26-17(20-13(3)22)15(11)19(24)25-16(18(23)21(4)5)14-9-7-6-8-10-14/h6-10,16H,1-5H3,(H,20,22). The number of thiophene rings is 1. The van der Waals surface area contributed by atoms with E-state index in [2.05, 4.69) is 5.32 Å². The zero-order chi connectivity index (χ0) is 19.4. The first-order valence-electron chi connectivity index (χ1n) is 8.07. The van der Waals surface area contributed by atoms with E-state index in [-0.39, 0.29) is 17.4 Å². The van der Waals surface area contributed by atoms with Crippen LogP contribution in [-0.2, 0) is 14.3 Å². The number of nitrogens with one attached hydrogen (secondary N) is 1. The molecule has 26 heavy (non-hydrogen) atoms. The second kappa shape index (κ2) is 8.14. The first-order chi connectivity index (χ1) is 12.2. The largest absolute Gasteiger partial charge is 0.444 e. The van der Waals surface area contributed by atoms with Crippen LogP contribution in [0.5, 0.6) is 0 Å². The number of carbonyl (C=O) groups is 3. The lowest BCUT2D eigenvalue weighted by molar-refractivity contribution is -0.138. The number of aryl methyl sites for hydroxylation is 1. The minimum Gasteiger partial charge on any atom is -0.444 e. The van der Waals surface area contributed by atoms with Gasteiger partial charge in [-0.15, -0.1) is 11.3 Å². The summed E-state index contributed by atoms with van der Waals surface area (Å²) in [6.45, 7) is 5.03. The molecule has 6 nitrogen and oxygen atoms in total. The Morgan fingerprint density at radius 3 is 2.27 bits per heavy atom. The molecule has 1 aromatic carbocycles. The molecule has 0 bridgehead atoms. The molecular weight excluding hydrogens is 352 g/mol. The van der Waals surface area contributed by atoms with Crippen LogP contribution >= 0.6 is 11.3 Å². The van der Waals surface area contributed by atoms with E-state index in [1.807, 2.05) is 13.0 Å². The van der Waals surface area contributed by atoms with Gasteiger partial charge >= 0.3 is 5.97 Å². The second-order valence-corrected chi connectivity index (χ2v) is 7.32. The topological polar surface area (TPSA) is 75.7 Å². The zero-order valence-electron chi connectivity index (χ0n) is 15.5. The Kier molecular flexibility index (Phi) is 6.15. The number of likely N-dealkylation sites (N-methyl/N-ethyl adjacent to an activating group) is 1. The summed E-state index contributed by atoms with van der Waals surface area (Å²) in [6.07, 6.45) is -1.05. The number of ether oxygens (including phenoxy) is 1. The van der Waals surface area contributed by atoms with Gasteiger partial charge in [-0.2, -0.15) is 0 Å². The molecule has 0 aliphatic rings. The molecule has 0 aliphatic heterocycles. The highest BCUT2D eigenvalue weighted by Crippen LogP contribution is 2.34. The number of benzene rings is 1. The Hall–Kier alpha value is -2.67. The number of rotatable bonds is 5. The quantitative estimate of drug-likeness (QED) is 0.815. The molecule has 0 radical (unpaired) electrons. The van der Waals surface area contributed by atoms with E-state index < -0.39 is 12.1 Å². The molecule has 138 valence electrons. The van der Waals surface area contributed by atoms with Gasteiger partial charge in [0, 0.05) is 31.5 Å². The number of hydrogen-bond donors (Lipinski definition) is 1. The van der Waals surface area contributed by atoms with E-state index in [1.54, 1.807) is 45.3 Å². The first kappa shape index (κ1) is 19.7. The van der Waals surface area contributed by atoms with Gasteiger partial charge in [0.2, 0.25) is 12.0 Å². The average molecular weight is 374 g/mol. The van der Waals surface area contributed by atoms with Gasteiger partial charge in [0.15, 0.2) is 0 Å². The van der Waals surface area contributed by atoms with Crippen LogP contribution in [0, 0.1) is 13.8 Å². The summed E-state index contributed by atoms with van der Waals surface area (Å²) < 4.78 is 5.59. The van der Waals surface area contributed by atoms with Crippen molar-refractivity contribution in [3.8, 4) is 0 Å². The molecule has 1 unspecified atom stereocenters. The maximum atomic E-state index is 12.9. The highest BCUT2D eigenvalue weighted by Gasteiger charge is 2.30. The van der Waals surface area contributed by atoms with E-state index in [4.69, 9.17) is 4.74 Å². The maximum absolute atomic E-state index is 12.9. The van der Waals surface area contributed by atoms with Crippen molar-refractivity contribution < 1.29 is 19.1 Å². The molecule has 1 atom stereocenters. The Labute approximate surface area is 156 Å². The van der Waals surface area contributed by atoms with Crippen molar-refractivity contribution in [3.63, 3.8) is 0 Å². The third kappa shape index (κ3) is 4.29. The smallest absolute Gasteiger partial charge is 0.342 e. The normalized spacial score (nSPS) is 11.6. The molecule has 1 N–H and O–H groups in total. The molecule has 0 aliphatic carbocycles. The van der Waals surface area contributed by atoms with Crippen molar-refractivity contribution in [2.45, 2.75) is 26.9 Å².